The van der Waals surface area contributed by atoms with Gasteiger partial charge in [-0.3, -0.25) is 4.90 Å². The summed E-state index contributed by atoms with van der Waals surface area (Å²) in [6.45, 7) is 4.86. The van der Waals surface area contributed by atoms with Gasteiger partial charge in [-0.1, -0.05) is 48.5 Å². The highest BCUT2D eigenvalue weighted by molar-refractivity contribution is 5.83. The van der Waals surface area contributed by atoms with E-state index >= 15 is 0 Å². The van der Waals surface area contributed by atoms with Gasteiger partial charge in [-0.15, -0.1) is 0 Å². The number of anilines is 1. The summed E-state index contributed by atoms with van der Waals surface area (Å²) in [5, 5.41) is 12.7. The minimum atomic E-state index is -0.486. The van der Waals surface area contributed by atoms with Crippen molar-refractivity contribution in [1.29, 1.82) is 0 Å². The molecule has 140 valence electrons. The fourth-order valence-electron chi connectivity index (χ4n) is 3.63. The molecule has 1 aliphatic rings. The fourth-order valence-corrected chi connectivity index (χ4v) is 3.63. The van der Waals surface area contributed by atoms with E-state index in [0.29, 0.717) is 13.2 Å². The molecule has 0 unspecified atom stereocenters. The maximum Gasteiger partial charge on any atom is 0.120 e. The summed E-state index contributed by atoms with van der Waals surface area (Å²) < 4.78 is 5.82. The van der Waals surface area contributed by atoms with Crippen LogP contribution in [0.25, 0.3) is 10.8 Å². The van der Waals surface area contributed by atoms with Gasteiger partial charge in [0.05, 0.1) is 0 Å². The topological polar surface area (TPSA) is 35.9 Å². The molecule has 0 spiro atoms. The van der Waals surface area contributed by atoms with E-state index in [0.717, 1.165) is 37.3 Å². The molecule has 4 rings (SSSR count). The summed E-state index contributed by atoms with van der Waals surface area (Å²) in [5.74, 6) is 0.807. The molecule has 27 heavy (non-hydrogen) atoms. The zero-order chi connectivity index (χ0) is 18.5. The van der Waals surface area contributed by atoms with Crippen LogP contribution in [0.1, 0.15) is 0 Å². The Kier molecular flexibility index (Phi) is 5.56. The molecule has 1 saturated heterocycles. The summed E-state index contributed by atoms with van der Waals surface area (Å²) >= 11 is 0. The number of piperazine rings is 1. The zero-order valence-corrected chi connectivity index (χ0v) is 15.5. The van der Waals surface area contributed by atoms with E-state index in [1.807, 2.05) is 30.3 Å². The van der Waals surface area contributed by atoms with Crippen LogP contribution in [0.3, 0.4) is 0 Å². The number of fused-ring (bicyclic) bond motifs is 1. The lowest BCUT2D eigenvalue weighted by atomic mass is 10.1. The Bertz CT molecular complexity index is 860. The van der Waals surface area contributed by atoms with Crippen LogP contribution in [-0.2, 0) is 0 Å². The number of para-hydroxylation sites is 1. The van der Waals surface area contributed by atoms with Crippen LogP contribution in [0.2, 0.25) is 0 Å². The zero-order valence-electron chi connectivity index (χ0n) is 15.5. The SMILES string of the molecule is O[C@H](COc1ccc2ccccc2c1)CN1CCN(c2ccccc2)CC1. The van der Waals surface area contributed by atoms with Gasteiger partial charge in [-0.25, -0.2) is 0 Å². The Morgan fingerprint density at radius 1 is 0.815 bits per heavy atom. The van der Waals surface area contributed by atoms with Gasteiger partial charge in [0.2, 0.25) is 0 Å². The molecular weight excluding hydrogens is 336 g/mol. The predicted molar refractivity (Wildman–Crippen MR) is 111 cm³/mol. The van der Waals surface area contributed by atoms with Gasteiger partial charge in [0.25, 0.3) is 0 Å². The van der Waals surface area contributed by atoms with Crippen molar-refractivity contribution in [2.24, 2.45) is 0 Å². The average molecular weight is 362 g/mol. The van der Waals surface area contributed by atoms with Gasteiger partial charge in [-0.05, 0) is 35.0 Å². The lowest BCUT2D eigenvalue weighted by Gasteiger charge is -2.36. The number of β-amino-alcohol motifs (C(OH)–C–C–N with tert-alkyl or cyclic N) is 1. The van der Waals surface area contributed by atoms with E-state index in [4.69, 9.17) is 4.74 Å². The van der Waals surface area contributed by atoms with E-state index in [1.54, 1.807) is 0 Å². The second-order valence-corrected chi connectivity index (χ2v) is 7.10. The number of ether oxygens (including phenoxy) is 1. The van der Waals surface area contributed by atoms with Crippen molar-refractivity contribution < 1.29 is 9.84 Å². The van der Waals surface area contributed by atoms with Crippen LogP contribution in [0.15, 0.2) is 72.8 Å². The highest BCUT2D eigenvalue weighted by Crippen LogP contribution is 2.21. The first kappa shape index (κ1) is 17.8. The van der Waals surface area contributed by atoms with Gasteiger partial charge in [-0.2, -0.15) is 0 Å². The Morgan fingerprint density at radius 3 is 2.30 bits per heavy atom. The number of aliphatic hydroxyl groups is 1. The van der Waals surface area contributed by atoms with Crippen LogP contribution in [0.4, 0.5) is 5.69 Å². The van der Waals surface area contributed by atoms with E-state index in [1.165, 1.54) is 11.1 Å². The van der Waals surface area contributed by atoms with Crippen molar-refractivity contribution in [2.75, 3.05) is 44.2 Å². The first-order chi connectivity index (χ1) is 13.3. The number of nitrogens with zero attached hydrogens (tertiary/aromatic N) is 2. The quantitative estimate of drug-likeness (QED) is 0.729. The van der Waals surface area contributed by atoms with Gasteiger partial charge < -0.3 is 14.7 Å². The molecular formula is C23H26N2O2. The number of rotatable bonds is 6. The fraction of sp³-hybridized carbons (Fsp3) is 0.304. The van der Waals surface area contributed by atoms with E-state index < -0.39 is 6.10 Å². The second kappa shape index (κ2) is 8.42. The Labute approximate surface area is 160 Å². The molecule has 1 N–H and O–H groups in total. The minimum absolute atomic E-state index is 0.317. The van der Waals surface area contributed by atoms with Crippen molar-refractivity contribution in [1.82, 2.24) is 4.90 Å². The third-order valence-corrected chi connectivity index (χ3v) is 5.13. The van der Waals surface area contributed by atoms with Crippen molar-refractivity contribution in [2.45, 2.75) is 6.10 Å². The van der Waals surface area contributed by atoms with Crippen molar-refractivity contribution in [3.8, 4) is 5.75 Å². The summed E-state index contributed by atoms with van der Waals surface area (Å²) in [4.78, 5) is 4.71. The number of hydrogen-bond acceptors (Lipinski definition) is 4. The lowest BCUT2D eigenvalue weighted by molar-refractivity contribution is 0.0663. The maximum absolute atomic E-state index is 10.4. The van der Waals surface area contributed by atoms with Crippen LogP contribution < -0.4 is 9.64 Å². The molecule has 0 aliphatic carbocycles. The maximum atomic E-state index is 10.4. The lowest BCUT2D eigenvalue weighted by Crippen LogP contribution is -2.49. The summed E-state index contributed by atoms with van der Waals surface area (Å²) in [6, 6.07) is 24.8. The van der Waals surface area contributed by atoms with Gasteiger partial charge in [0.1, 0.15) is 18.5 Å². The first-order valence-electron chi connectivity index (χ1n) is 9.60. The molecule has 1 atom stereocenters. The number of hydrogen-bond donors (Lipinski definition) is 1. The van der Waals surface area contributed by atoms with Crippen LogP contribution >= 0.6 is 0 Å². The van der Waals surface area contributed by atoms with Gasteiger partial charge >= 0.3 is 0 Å². The summed E-state index contributed by atoms with van der Waals surface area (Å²) in [7, 11) is 0. The van der Waals surface area contributed by atoms with E-state index in [9.17, 15) is 5.11 Å². The van der Waals surface area contributed by atoms with Crippen molar-refractivity contribution in [3.05, 3.63) is 72.8 Å². The van der Waals surface area contributed by atoms with Crippen molar-refractivity contribution in [3.63, 3.8) is 0 Å². The highest BCUT2D eigenvalue weighted by atomic mass is 16.5. The molecule has 4 nitrogen and oxygen atoms in total. The molecule has 0 bridgehead atoms. The molecule has 3 aromatic carbocycles. The van der Waals surface area contributed by atoms with Crippen molar-refractivity contribution >= 4 is 16.5 Å². The van der Waals surface area contributed by atoms with E-state index in [-0.39, 0.29) is 0 Å². The van der Waals surface area contributed by atoms with E-state index in [2.05, 4.69) is 52.3 Å². The average Bonchev–Trinajstić information content (AvgIpc) is 2.73. The summed E-state index contributed by atoms with van der Waals surface area (Å²) in [5.41, 5.74) is 1.28. The van der Waals surface area contributed by atoms with Gasteiger partial charge in [0.15, 0.2) is 0 Å². The molecule has 0 saturated carbocycles. The standard InChI is InChI=1S/C23H26N2O2/c26-22(18-27-23-11-10-19-6-4-5-7-20(19)16-23)17-24-12-14-25(15-13-24)21-8-2-1-3-9-21/h1-11,16,22,26H,12-15,17-18H2/t22-/m0/s1. The molecule has 0 aromatic heterocycles. The monoisotopic (exact) mass is 362 g/mol. The Hall–Kier alpha value is -2.56. The number of benzene rings is 3. The molecule has 1 heterocycles. The number of aliphatic hydroxyl groups excluding tert-OH is 1. The third kappa shape index (κ3) is 4.59. The smallest absolute Gasteiger partial charge is 0.120 e. The van der Waals surface area contributed by atoms with Crippen LogP contribution in [0, 0.1) is 0 Å². The molecule has 0 amide bonds. The molecule has 1 fully saturated rings. The largest absolute Gasteiger partial charge is 0.491 e. The normalized spacial score (nSPS) is 16.4. The third-order valence-electron chi connectivity index (χ3n) is 5.13. The Morgan fingerprint density at radius 2 is 1.52 bits per heavy atom. The predicted octanol–water partition coefficient (Wildman–Crippen LogP) is 3.40. The van der Waals surface area contributed by atoms with Crippen LogP contribution in [0.5, 0.6) is 5.75 Å². The highest BCUT2D eigenvalue weighted by Gasteiger charge is 2.19. The van der Waals surface area contributed by atoms with Crippen LogP contribution in [-0.4, -0.2) is 55.4 Å². The van der Waals surface area contributed by atoms with Gasteiger partial charge in [0, 0.05) is 38.4 Å². The Balaban J connectivity index is 1.24. The molecule has 1 aliphatic heterocycles. The second-order valence-electron chi connectivity index (χ2n) is 7.10. The molecule has 3 aromatic rings. The molecule has 0 radical (unpaired) electrons. The first-order valence-corrected chi connectivity index (χ1v) is 9.60. The molecule has 4 heteroatoms. The minimum Gasteiger partial charge on any atom is -0.491 e. The summed E-state index contributed by atoms with van der Waals surface area (Å²) in [6.07, 6.45) is -0.486.